The first-order valence-corrected chi connectivity index (χ1v) is 5.95. The van der Waals surface area contributed by atoms with Crippen LogP contribution in [-0.2, 0) is 16.6 Å². The summed E-state index contributed by atoms with van der Waals surface area (Å²) in [4.78, 5) is 10.3. The van der Waals surface area contributed by atoms with Gasteiger partial charge in [0.2, 0.25) is 0 Å². The van der Waals surface area contributed by atoms with E-state index in [-0.39, 0.29) is 12.0 Å². The van der Waals surface area contributed by atoms with E-state index in [1.165, 1.54) is 24.0 Å². The highest BCUT2D eigenvalue weighted by atomic mass is 16.5. The fraction of sp³-hybridized carbons (Fsp3) is 0.500. The summed E-state index contributed by atoms with van der Waals surface area (Å²) in [7, 11) is 0. The summed E-state index contributed by atoms with van der Waals surface area (Å²) in [6.07, 6.45) is 3.41. The molecule has 0 heterocycles. The van der Waals surface area contributed by atoms with Gasteiger partial charge in [0, 0.05) is 0 Å². The van der Waals surface area contributed by atoms with Gasteiger partial charge in [-0.25, -0.2) is 0 Å². The lowest BCUT2D eigenvalue weighted by atomic mass is 9.73. The molecule has 0 N–H and O–H groups in total. The minimum absolute atomic E-state index is 0.209. The van der Waals surface area contributed by atoms with Crippen molar-refractivity contribution in [2.45, 2.75) is 38.5 Å². The molecular weight excluding hydrogens is 216 g/mol. The number of carbonyl (C=O) groups excluding carboxylic acids is 1. The molecule has 3 heteroatoms. The molecule has 0 unspecified atom stereocenters. The monoisotopic (exact) mass is 233 g/mol. The molecule has 0 fully saturated rings. The van der Waals surface area contributed by atoms with Crippen LogP contribution in [-0.4, -0.2) is 12.6 Å². The molecule has 0 aromatic heterocycles. The maximum absolute atomic E-state index is 10.3. The Kier molecular flexibility index (Phi) is 3.09. The van der Waals surface area contributed by atoms with E-state index in [1.807, 2.05) is 12.1 Å². The van der Waals surface area contributed by atoms with E-state index in [0.29, 0.717) is 5.75 Å². The first-order chi connectivity index (χ1) is 7.99. The molecule has 0 atom stereocenters. The Hall–Kier alpha value is -1.51. The molecule has 1 aliphatic rings. The van der Waals surface area contributed by atoms with Crippen molar-refractivity contribution in [3.63, 3.8) is 0 Å². The average molecular weight is 233 g/mol. The molecule has 0 radical (unpaired) electrons. The van der Waals surface area contributed by atoms with Crippen molar-refractivity contribution in [1.82, 2.24) is 0 Å². The lowest BCUT2D eigenvalue weighted by Gasteiger charge is -2.32. The van der Waals surface area contributed by atoms with E-state index in [9.17, 15) is 9.90 Å². The predicted molar refractivity (Wildman–Crippen MR) is 62.9 cm³/mol. The van der Waals surface area contributed by atoms with Crippen LogP contribution in [0.15, 0.2) is 18.2 Å². The van der Waals surface area contributed by atoms with Crippen LogP contribution in [0.1, 0.15) is 37.8 Å². The van der Waals surface area contributed by atoms with Crippen LogP contribution >= 0.6 is 0 Å². The fourth-order valence-corrected chi connectivity index (χ4v) is 2.52. The summed E-state index contributed by atoms with van der Waals surface area (Å²) in [5.41, 5.74) is 2.84. The molecule has 0 spiro atoms. The van der Waals surface area contributed by atoms with Gasteiger partial charge in [0.1, 0.15) is 12.4 Å². The number of benzene rings is 1. The second kappa shape index (κ2) is 4.40. The minimum atomic E-state index is -1.19. The molecule has 0 bridgehead atoms. The van der Waals surface area contributed by atoms with E-state index in [4.69, 9.17) is 4.74 Å². The number of aliphatic carboxylic acids is 1. The normalized spacial score (nSPS) is 17.3. The van der Waals surface area contributed by atoms with Gasteiger partial charge in [0.05, 0.1) is 5.97 Å². The van der Waals surface area contributed by atoms with Crippen LogP contribution in [0.2, 0.25) is 0 Å². The Balaban J connectivity index is 2.22. The number of carbonyl (C=O) groups is 1. The molecule has 0 aliphatic heterocycles. The van der Waals surface area contributed by atoms with Gasteiger partial charge in [-0.05, 0) is 47.9 Å². The number of fused-ring (bicyclic) bond motifs is 1. The Morgan fingerprint density at radius 1 is 1.47 bits per heavy atom. The van der Waals surface area contributed by atoms with Gasteiger partial charge in [0.15, 0.2) is 0 Å². The molecule has 92 valence electrons. The highest BCUT2D eigenvalue weighted by Crippen LogP contribution is 2.37. The molecule has 0 saturated heterocycles. The van der Waals surface area contributed by atoms with Gasteiger partial charge < -0.3 is 14.6 Å². The minimum Gasteiger partial charge on any atom is -0.546 e. The second-order valence-corrected chi connectivity index (χ2v) is 5.22. The Morgan fingerprint density at radius 3 is 2.94 bits per heavy atom. The van der Waals surface area contributed by atoms with E-state index in [0.717, 1.165) is 6.42 Å². The molecule has 2 rings (SSSR count). The number of hydrogen-bond acceptors (Lipinski definition) is 3. The van der Waals surface area contributed by atoms with E-state index < -0.39 is 5.97 Å². The van der Waals surface area contributed by atoms with E-state index in [1.54, 1.807) is 0 Å². The first-order valence-electron chi connectivity index (χ1n) is 5.95. The number of aryl methyl sites for hydroxylation is 1. The standard InChI is InChI=1S/C14H18O3/c1-14(2)7-3-4-10-8-11(5-6-12(10)14)17-9-13(15)16/h5-6,8H,3-4,7,9H2,1-2H3,(H,15,16)/p-1. The van der Waals surface area contributed by atoms with Gasteiger partial charge in [0.25, 0.3) is 0 Å². The lowest BCUT2D eigenvalue weighted by Crippen LogP contribution is -2.29. The topological polar surface area (TPSA) is 49.4 Å². The van der Waals surface area contributed by atoms with Crippen LogP contribution in [0.5, 0.6) is 5.75 Å². The summed E-state index contributed by atoms with van der Waals surface area (Å²) in [5.74, 6) is -0.575. The quantitative estimate of drug-likeness (QED) is 0.793. The number of rotatable bonds is 3. The largest absolute Gasteiger partial charge is 0.546 e. The average Bonchev–Trinajstić information content (AvgIpc) is 2.25. The van der Waals surface area contributed by atoms with Gasteiger partial charge in [-0.1, -0.05) is 19.9 Å². The van der Waals surface area contributed by atoms with Gasteiger partial charge in [-0.3, -0.25) is 0 Å². The molecule has 3 nitrogen and oxygen atoms in total. The molecular formula is C14H17O3-. The van der Waals surface area contributed by atoms with Crippen molar-refractivity contribution in [2.75, 3.05) is 6.61 Å². The number of ether oxygens (including phenoxy) is 1. The molecule has 17 heavy (non-hydrogen) atoms. The Labute approximate surface area is 101 Å². The van der Waals surface area contributed by atoms with Crippen molar-refractivity contribution in [3.8, 4) is 5.75 Å². The Morgan fingerprint density at radius 2 is 2.24 bits per heavy atom. The lowest BCUT2D eigenvalue weighted by molar-refractivity contribution is -0.307. The Bertz CT molecular complexity index is 435. The van der Waals surface area contributed by atoms with Crippen molar-refractivity contribution < 1.29 is 14.6 Å². The van der Waals surface area contributed by atoms with E-state index >= 15 is 0 Å². The van der Waals surface area contributed by atoms with Crippen LogP contribution in [0.4, 0.5) is 0 Å². The molecule has 1 aromatic carbocycles. The number of carboxylic acids is 1. The summed E-state index contributed by atoms with van der Waals surface area (Å²) in [6.45, 7) is 4.10. The van der Waals surface area contributed by atoms with Crippen LogP contribution in [0.25, 0.3) is 0 Å². The molecule has 1 aliphatic carbocycles. The third kappa shape index (κ3) is 2.60. The third-order valence-electron chi connectivity index (χ3n) is 3.41. The maximum atomic E-state index is 10.3. The molecule has 0 amide bonds. The highest BCUT2D eigenvalue weighted by molar-refractivity contribution is 5.66. The number of carboxylic acid groups (broad SMARTS) is 1. The predicted octanol–water partition coefficient (Wildman–Crippen LogP) is 1.43. The number of hydrogen-bond donors (Lipinski definition) is 0. The van der Waals surface area contributed by atoms with Crippen molar-refractivity contribution >= 4 is 5.97 Å². The van der Waals surface area contributed by atoms with Gasteiger partial charge in [-0.15, -0.1) is 0 Å². The molecule has 1 aromatic rings. The fourth-order valence-electron chi connectivity index (χ4n) is 2.52. The SMILES string of the molecule is CC1(C)CCCc2cc(OCC(=O)[O-])ccc21. The summed E-state index contributed by atoms with van der Waals surface area (Å²) in [5, 5.41) is 10.3. The van der Waals surface area contributed by atoms with Gasteiger partial charge >= 0.3 is 0 Å². The van der Waals surface area contributed by atoms with Crippen molar-refractivity contribution in [3.05, 3.63) is 29.3 Å². The summed E-state index contributed by atoms with van der Waals surface area (Å²) in [6, 6.07) is 5.85. The first kappa shape index (κ1) is 12.0. The second-order valence-electron chi connectivity index (χ2n) is 5.22. The maximum Gasteiger partial charge on any atom is 0.128 e. The summed E-state index contributed by atoms with van der Waals surface area (Å²) < 4.78 is 5.14. The summed E-state index contributed by atoms with van der Waals surface area (Å²) >= 11 is 0. The van der Waals surface area contributed by atoms with Crippen LogP contribution in [0, 0.1) is 0 Å². The zero-order valence-corrected chi connectivity index (χ0v) is 10.3. The highest BCUT2D eigenvalue weighted by Gasteiger charge is 2.27. The zero-order valence-electron chi connectivity index (χ0n) is 10.3. The van der Waals surface area contributed by atoms with Crippen molar-refractivity contribution in [2.24, 2.45) is 0 Å². The zero-order chi connectivity index (χ0) is 12.5. The smallest absolute Gasteiger partial charge is 0.128 e. The third-order valence-corrected chi connectivity index (χ3v) is 3.41. The molecule has 0 saturated carbocycles. The van der Waals surface area contributed by atoms with Crippen molar-refractivity contribution in [1.29, 1.82) is 0 Å². The van der Waals surface area contributed by atoms with Crippen LogP contribution < -0.4 is 9.84 Å². The van der Waals surface area contributed by atoms with Gasteiger partial charge in [-0.2, -0.15) is 0 Å². The van der Waals surface area contributed by atoms with Crippen LogP contribution in [0.3, 0.4) is 0 Å². The van der Waals surface area contributed by atoms with E-state index in [2.05, 4.69) is 19.9 Å².